The van der Waals surface area contributed by atoms with Crippen molar-refractivity contribution < 1.29 is 0 Å². The largest absolute Gasteiger partial charge is 0.325 e. The highest BCUT2D eigenvalue weighted by Crippen LogP contribution is 2.33. The summed E-state index contributed by atoms with van der Waals surface area (Å²) < 4.78 is 0. The molecule has 2 fully saturated rings. The Morgan fingerprint density at radius 2 is 1.29 bits per heavy atom. The van der Waals surface area contributed by atoms with Crippen molar-refractivity contribution in [1.29, 1.82) is 0 Å². The van der Waals surface area contributed by atoms with Crippen molar-refractivity contribution in [2.24, 2.45) is 0 Å². The number of rotatable bonds is 8. The molecular weight excluding hydrogens is 342 g/mol. The van der Waals surface area contributed by atoms with E-state index in [4.69, 9.17) is 0 Å². The molecule has 28 heavy (non-hydrogen) atoms. The Hall–Kier alpha value is -0.0301. The average molecular weight is 390 g/mol. The summed E-state index contributed by atoms with van der Waals surface area (Å²) in [4.78, 5) is 11.0. The summed E-state index contributed by atoms with van der Waals surface area (Å²) in [6, 6.07) is 1.31. The van der Waals surface area contributed by atoms with Gasteiger partial charge in [-0.05, 0) is 72.2 Å². The lowest BCUT2D eigenvalue weighted by atomic mass is 9.65. The minimum atomic E-state index is 0.253. The van der Waals surface area contributed by atoms with Gasteiger partial charge in [-0.1, -0.05) is 34.6 Å². The fourth-order valence-electron chi connectivity index (χ4n) is 5.79. The molecule has 0 saturated carbocycles. The van der Waals surface area contributed by atoms with E-state index in [1.165, 1.54) is 51.7 Å². The van der Waals surface area contributed by atoms with E-state index >= 15 is 0 Å². The molecule has 1 unspecified atom stereocenters. The number of hydrogen-bond acceptors (Lipinski definition) is 4. The molecule has 0 bridgehead atoms. The molecule has 0 aromatic rings. The summed E-state index contributed by atoms with van der Waals surface area (Å²) in [5.41, 5.74) is 0.511. The summed E-state index contributed by atoms with van der Waals surface area (Å²) in [6.07, 6.45) is 5.01. The van der Waals surface area contributed by atoms with Crippen LogP contribution in [0.2, 0.25) is 12.6 Å². The Morgan fingerprint density at radius 1 is 0.750 bits per heavy atom. The molecule has 0 N–H and O–H groups in total. The topological polar surface area (TPSA) is 13.0 Å². The second-order valence-electron chi connectivity index (χ2n) is 11.1. The van der Waals surface area contributed by atoms with Crippen molar-refractivity contribution in [2.75, 3.05) is 26.2 Å². The van der Waals surface area contributed by atoms with Gasteiger partial charge in [-0.3, -0.25) is 0 Å². The van der Waals surface area contributed by atoms with Gasteiger partial charge in [0, 0.05) is 37.3 Å². The van der Waals surface area contributed by atoms with Crippen LogP contribution in [0.5, 0.6) is 0 Å². The van der Waals surface area contributed by atoms with E-state index in [1.807, 2.05) is 0 Å². The van der Waals surface area contributed by atoms with Gasteiger partial charge in [0.25, 0.3) is 0 Å². The van der Waals surface area contributed by atoms with Crippen molar-refractivity contribution in [3.8, 4) is 0 Å². The quantitative estimate of drug-likeness (QED) is 0.570. The van der Waals surface area contributed by atoms with Crippen LogP contribution in [-0.4, -0.2) is 82.5 Å². The molecule has 0 amide bonds. The van der Waals surface area contributed by atoms with Crippen LogP contribution in [0.15, 0.2) is 0 Å². The fourth-order valence-corrected chi connectivity index (χ4v) is 5.79. The molecule has 4 nitrogen and oxygen atoms in total. The Balaban J connectivity index is 1.99. The SMILES string of the molecule is CCB1N(C(C)C)CCN1C(C)CCC(C)(C)N1CCN(C(C)(C)C)B1CC. The zero-order valence-electron chi connectivity index (χ0n) is 20.8. The third-order valence-corrected chi connectivity index (χ3v) is 7.46. The van der Waals surface area contributed by atoms with Crippen LogP contribution >= 0.6 is 0 Å². The second kappa shape index (κ2) is 9.41. The molecule has 0 aliphatic carbocycles. The first-order valence-corrected chi connectivity index (χ1v) is 12.0. The number of nitrogens with zero attached hydrogens (tertiary/aromatic N) is 4. The molecule has 0 spiro atoms. The summed E-state index contributed by atoms with van der Waals surface area (Å²) in [5, 5.41) is 0. The lowest BCUT2D eigenvalue weighted by Crippen LogP contribution is -2.57. The highest BCUT2D eigenvalue weighted by atomic mass is 15.3. The smallest absolute Gasteiger partial charge is 0.311 e. The minimum absolute atomic E-state index is 0.253. The van der Waals surface area contributed by atoms with Gasteiger partial charge in [-0.15, -0.1) is 0 Å². The maximum atomic E-state index is 2.80. The van der Waals surface area contributed by atoms with Crippen molar-refractivity contribution >= 4 is 14.0 Å². The van der Waals surface area contributed by atoms with E-state index in [9.17, 15) is 0 Å². The van der Waals surface area contributed by atoms with Gasteiger partial charge in [0.2, 0.25) is 0 Å². The molecule has 2 rings (SSSR count). The lowest BCUT2D eigenvalue weighted by molar-refractivity contribution is 0.202. The minimum Gasteiger partial charge on any atom is -0.325 e. The van der Waals surface area contributed by atoms with E-state index in [2.05, 4.69) is 88.5 Å². The van der Waals surface area contributed by atoms with Crippen LogP contribution in [0.4, 0.5) is 0 Å². The van der Waals surface area contributed by atoms with Gasteiger partial charge in [-0.25, -0.2) is 0 Å². The van der Waals surface area contributed by atoms with Gasteiger partial charge in [-0.2, -0.15) is 0 Å². The fraction of sp³-hybridized carbons (Fsp3) is 1.00. The number of hydrogen-bond donors (Lipinski definition) is 0. The van der Waals surface area contributed by atoms with E-state index < -0.39 is 0 Å². The summed E-state index contributed by atoms with van der Waals surface area (Å²) in [7, 11) is 0. The second-order valence-corrected chi connectivity index (χ2v) is 11.1. The third-order valence-electron chi connectivity index (χ3n) is 7.46. The molecule has 6 heteroatoms. The van der Waals surface area contributed by atoms with Crippen molar-refractivity contribution in [2.45, 2.75) is 118 Å². The van der Waals surface area contributed by atoms with Crippen LogP contribution in [0.3, 0.4) is 0 Å². The van der Waals surface area contributed by atoms with Gasteiger partial charge >= 0.3 is 14.0 Å². The van der Waals surface area contributed by atoms with Gasteiger partial charge in [0.15, 0.2) is 0 Å². The monoisotopic (exact) mass is 390 g/mol. The molecule has 2 aliphatic rings. The van der Waals surface area contributed by atoms with E-state index in [0.29, 0.717) is 26.0 Å². The van der Waals surface area contributed by atoms with E-state index in [0.717, 1.165) is 0 Å². The summed E-state index contributed by atoms with van der Waals surface area (Å²) in [5.74, 6) is 0. The van der Waals surface area contributed by atoms with Crippen LogP contribution in [-0.2, 0) is 0 Å². The molecule has 0 aromatic carbocycles. The standard InChI is InChI=1S/C22H48B2N4/c1-11-23-25(19(3)4)15-16-26(23)20(5)13-14-22(9,10)28-18-17-27(21(6,7)8)24(28)12-2/h19-20H,11-18H2,1-10H3. The highest BCUT2D eigenvalue weighted by Gasteiger charge is 2.46. The average Bonchev–Trinajstić information content (AvgIpc) is 3.23. The first-order chi connectivity index (χ1) is 12.9. The maximum Gasteiger partial charge on any atom is 0.311 e. The first kappa shape index (κ1) is 24.2. The molecule has 0 radical (unpaired) electrons. The van der Waals surface area contributed by atoms with Crippen LogP contribution in [0, 0.1) is 0 Å². The molecule has 1 atom stereocenters. The van der Waals surface area contributed by atoms with Gasteiger partial charge in [0.05, 0.1) is 0 Å². The molecule has 2 saturated heterocycles. The Bertz CT molecular complexity index is 491. The molecule has 0 aromatic heterocycles. The van der Waals surface area contributed by atoms with Gasteiger partial charge < -0.3 is 19.2 Å². The first-order valence-electron chi connectivity index (χ1n) is 12.0. The normalized spacial score (nSPS) is 22.8. The van der Waals surface area contributed by atoms with Crippen LogP contribution in [0.1, 0.15) is 82.1 Å². The van der Waals surface area contributed by atoms with Crippen LogP contribution < -0.4 is 0 Å². The molecular formula is C22H48B2N4. The Morgan fingerprint density at radius 3 is 1.79 bits per heavy atom. The van der Waals surface area contributed by atoms with Crippen molar-refractivity contribution in [1.82, 2.24) is 19.2 Å². The summed E-state index contributed by atoms with van der Waals surface area (Å²) in [6.45, 7) is 30.0. The predicted molar refractivity (Wildman–Crippen MR) is 127 cm³/mol. The Labute approximate surface area is 177 Å². The van der Waals surface area contributed by atoms with E-state index in [-0.39, 0.29) is 11.1 Å². The Kier molecular flexibility index (Phi) is 8.15. The highest BCUT2D eigenvalue weighted by molar-refractivity contribution is 6.54. The maximum absolute atomic E-state index is 2.80. The lowest BCUT2D eigenvalue weighted by Gasteiger charge is -2.43. The zero-order valence-corrected chi connectivity index (χ0v) is 20.8. The molecule has 2 aliphatic heterocycles. The van der Waals surface area contributed by atoms with Crippen molar-refractivity contribution in [3.63, 3.8) is 0 Å². The molecule has 162 valence electrons. The zero-order chi connectivity index (χ0) is 21.3. The van der Waals surface area contributed by atoms with E-state index in [1.54, 1.807) is 0 Å². The van der Waals surface area contributed by atoms with Crippen molar-refractivity contribution in [3.05, 3.63) is 0 Å². The summed E-state index contributed by atoms with van der Waals surface area (Å²) >= 11 is 0. The van der Waals surface area contributed by atoms with Gasteiger partial charge in [0.1, 0.15) is 0 Å². The molecule has 2 heterocycles. The van der Waals surface area contributed by atoms with Crippen LogP contribution in [0.25, 0.3) is 0 Å². The third kappa shape index (κ3) is 5.17. The predicted octanol–water partition coefficient (Wildman–Crippen LogP) is 4.39.